The van der Waals surface area contributed by atoms with E-state index in [2.05, 4.69) is 23.7 Å². The zero-order valence-electron chi connectivity index (χ0n) is 13.5. The van der Waals surface area contributed by atoms with Gasteiger partial charge in [-0.25, -0.2) is 0 Å². The van der Waals surface area contributed by atoms with Gasteiger partial charge < -0.3 is 15.0 Å². The lowest BCUT2D eigenvalue weighted by molar-refractivity contribution is 0.0919. The Labute approximate surface area is 122 Å². The van der Waals surface area contributed by atoms with E-state index in [1.54, 1.807) is 0 Å². The first-order chi connectivity index (χ1) is 9.25. The fourth-order valence-electron chi connectivity index (χ4n) is 2.56. The molecule has 0 fully saturated rings. The molecule has 0 aliphatic carbocycles. The molecule has 4 heteroatoms. The molecule has 20 heavy (non-hydrogen) atoms. The summed E-state index contributed by atoms with van der Waals surface area (Å²) in [6.07, 6.45) is 0.227. The minimum Gasteiger partial charge on any atom is -0.393 e. The van der Waals surface area contributed by atoms with Crippen molar-refractivity contribution in [1.82, 2.24) is 9.88 Å². The van der Waals surface area contributed by atoms with E-state index < -0.39 is 0 Å². The Bertz CT molecular complexity index is 461. The Morgan fingerprint density at radius 3 is 2.35 bits per heavy atom. The summed E-state index contributed by atoms with van der Waals surface area (Å²) in [5.41, 5.74) is 2.83. The normalized spacial score (nSPS) is 13.1. The molecule has 0 saturated carbocycles. The van der Waals surface area contributed by atoms with Gasteiger partial charge in [-0.1, -0.05) is 13.8 Å². The van der Waals surface area contributed by atoms with Gasteiger partial charge >= 0.3 is 0 Å². The van der Waals surface area contributed by atoms with Crippen molar-refractivity contribution in [2.75, 3.05) is 6.54 Å². The number of carbonyl (C=O) groups is 1. The van der Waals surface area contributed by atoms with E-state index in [0.717, 1.165) is 17.0 Å². The number of aliphatic hydroxyl groups is 1. The molecule has 0 bridgehead atoms. The highest BCUT2D eigenvalue weighted by molar-refractivity contribution is 5.95. The van der Waals surface area contributed by atoms with Crippen LogP contribution in [0.4, 0.5) is 0 Å². The number of aromatic nitrogens is 1. The van der Waals surface area contributed by atoms with E-state index >= 15 is 0 Å². The first-order valence-corrected chi connectivity index (χ1v) is 7.40. The predicted molar refractivity (Wildman–Crippen MR) is 82.1 cm³/mol. The number of amides is 1. The minimum atomic E-state index is -0.363. The lowest BCUT2D eigenvalue weighted by atomic mass is 10.0. The molecule has 1 atom stereocenters. The monoisotopic (exact) mass is 280 g/mol. The lowest BCUT2D eigenvalue weighted by Crippen LogP contribution is -2.29. The molecular formula is C16H28N2O2. The Morgan fingerprint density at radius 1 is 1.30 bits per heavy atom. The highest BCUT2D eigenvalue weighted by atomic mass is 16.3. The van der Waals surface area contributed by atoms with Crippen molar-refractivity contribution in [3.63, 3.8) is 0 Å². The second-order valence-electron chi connectivity index (χ2n) is 6.10. The Balaban J connectivity index is 2.67. The zero-order valence-corrected chi connectivity index (χ0v) is 13.5. The fourth-order valence-corrected chi connectivity index (χ4v) is 2.56. The Morgan fingerprint density at radius 2 is 1.90 bits per heavy atom. The minimum absolute atomic E-state index is 0.0547. The van der Waals surface area contributed by atoms with Crippen LogP contribution >= 0.6 is 0 Å². The van der Waals surface area contributed by atoms with Gasteiger partial charge in [0.2, 0.25) is 0 Å². The van der Waals surface area contributed by atoms with Crippen molar-refractivity contribution in [1.29, 1.82) is 0 Å². The van der Waals surface area contributed by atoms with Gasteiger partial charge in [0, 0.05) is 24.0 Å². The number of rotatable bonds is 6. The second kappa shape index (κ2) is 6.93. The number of nitrogens with one attached hydrogen (secondary N) is 1. The molecule has 0 aliphatic rings. The van der Waals surface area contributed by atoms with Crippen molar-refractivity contribution < 1.29 is 9.90 Å². The van der Waals surface area contributed by atoms with Crippen LogP contribution in [0.25, 0.3) is 0 Å². The SMILES string of the molecule is Cc1cc(C(=O)NCCC(O)C(C)C)c(C)n1C(C)C. The number of aliphatic hydroxyl groups excluding tert-OH is 1. The molecule has 1 heterocycles. The van der Waals surface area contributed by atoms with Crippen LogP contribution in [0.1, 0.15) is 61.9 Å². The number of nitrogens with zero attached hydrogens (tertiary/aromatic N) is 1. The van der Waals surface area contributed by atoms with Gasteiger partial charge in [-0.3, -0.25) is 4.79 Å². The molecule has 1 unspecified atom stereocenters. The van der Waals surface area contributed by atoms with E-state index in [9.17, 15) is 9.90 Å². The van der Waals surface area contributed by atoms with Crippen LogP contribution in [0, 0.1) is 19.8 Å². The zero-order chi connectivity index (χ0) is 15.4. The molecule has 0 aliphatic heterocycles. The van der Waals surface area contributed by atoms with E-state index in [1.807, 2.05) is 33.8 Å². The summed E-state index contributed by atoms with van der Waals surface area (Å²) >= 11 is 0. The maximum atomic E-state index is 12.2. The van der Waals surface area contributed by atoms with E-state index in [-0.39, 0.29) is 17.9 Å². The highest BCUT2D eigenvalue weighted by Gasteiger charge is 2.17. The molecule has 0 spiro atoms. The largest absolute Gasteiger partial charge is 0.393 e. The molecule has 0 aromatic carbocycles. The molecule has 1 aromatic rings. The average Bonchev–Trinajstić information content (AvgIpc) is 2.64. The third-order valence-corrected chi connectivity index (χ3v) is 3.74. The van der Waals surface area contributed by atoms with Crippen LogP contribution in [0.3, 0.4) is 0 Å². The van der Waals surface area contributed by atoms with Gasteiger partial charge in [0.15, 0.2) is 0 Å². The summed E-state index contributed by atoms with van der Waals surface area (Å²) in [7, 11) is 0. The molecule has 114 valence electrons. The van der Waals surface area contributed by atoms with Crippen molar-refractivity contribution in [3.05, 3.63) is 23.0 Å². The summed E-state index contributed by atoms with van der Waals surface area (Å²) in [6, 6.07) is 2.28. The molecule has 4 nitrogen and oxygen atoms in total. The standard InChI is InChI=1S/C16H28N2O2/c1-10(2)15(19)7-8-17-16(20)14-9-12(5)18(11(3)4)13(14)6/h9-11,15,19H,7-8H2,1-6H3,(H,17,20). The summed E-state index contributed by atoms with van der Waals surface area (Å²) in [4.78, 5) is 12.2. The third-order valence-electron chi connectivity index (χ3n) is 3.74. The second-order valence-corrected chi connectivity index (χ2v) is 6.10. The molecule has 0 radical (unpaired) electrons. The molecule has 2 N–H and O–H groups in total. The molecule has 1 amide bonds. The first-order valence-electron chi connectivity index (χ1n) is 7.40. The van der Waals surface area contributed by atoms with Gasteiger partial charge in [-0.15, -0.1) is 0 Å². The van der Waals surface area contributed by atoms with Gasteiger partial charge in [-0.2, -0.15) is 0 Å². The number of aryl methyl sites for hydroxylation is 1. The van der Waals surface area contributed by atoms with Gasteiger partial charge in [0.25, 0.3) is 5.91 Å². The first kappa shape index (κ1) is 16.8. The van der Waals surface area contributed by atoms with Crippen molar-refractivity contribution in [3.8, 4) is 0 Å². The predicted octanol–water partition coefficient (Wildman–Crippen LogP) is 2.82. The molecule has 1 aromatic heterocycles. The maximum Gasteiger partial charge on any atom is 0.253 e. The number of carbonyl (C=O) groups excluding carboxylic acids is 1. The van der Waals surface area contributed by atoms with E-state index in [0.29, 0.717) is 19.0 Å². The molecule has 0 saturated heterocycles. The fraction of sp³-hybridized carbons (Fsp3) is 0.688. The van der Waals surface area contributed by atoms with E-state index in [1.165, 1.54) is 0 Å². The van der Waals surface area contributed by atoms with Crippen molar-refractivity contribution >= 4 is 5.91 Å². The van der Waals surface area contributed by atoms with E-state index in [4.69, 9.17) is 0 Å². The van der Waals surface area contributed by atoms with Crippen LogP contribution in [-0.2, 0) is 0 Å². The summed E-state index contributed by atoms with van der Waals surface area (Å²) in [5.74, 6) is 0.166. The number of hydrogen-bond donors (Lipinski definition) is 2. The summed E-state index contributed by atoms with van der Waals surface area (Å²) in [5, 5.41) is 12.6. The van der Waals surface area contributed by atoms with Crippen LogP contribution in [0.15, 0.2) is 6.07 Å². The van der Waals surface area contributed by atoms with Gasteiger partial charge in [-0.05, 0) is 46.1 Å². The smallest absolute Gasteiger partial charge is 0.253 e. The van der Waals surface area contributed by atoms with Crippen molar-refractivity contribution in [2.45, 2.75) is 60.1 Å². The van der Waals surface area contributed by atoms with Crippen LogP contribution in [0.5, 0.6) is 0 Å². The summed E-state index contributed by atoms with van der Waals surface area (Å²) < 4.78 is 2.16. The van der Waals surface area contributed by atoms with Crippen LogP contribution in [-0.4, -0.2) is 28.2 Å². The molecule has 1 rings (SSSR count). The van der Waals surface area contributed by atoms with Crippen LogP contribution < -0.4 is 5.32 Å². The third kappa shape index (κ3) is 3.85. The van der Waals surface area contributed by atoms with Gasteiger partial charge in [0.1, 0.15) is 0 Å². The van der Waals surface area contributed by atoms with Crippen LogP contribution in [0.2, 0.25) is 0 Å². The Hall–Kier alpha value is -1.29. The molecular weight excluding hydrogens is 252 g/mol. The topological polar surface area (TPSA) is 54.3 Å². The highest BCUT2D eigenvalue weighted by Crippen LogP contribution is 2.20. The van der Waals surface area contributed by atoms with Crippen molar-refractivity contribution in [2.24, 2.45) is 5.92 Å². The quantitative estimate of drug-likeness (QED) is 0.842. The lowest BCUT2D eigenvalue weighted by Gasteiger charge is -2.15. The maximum absolute atomic E-state index is 12.2. The van der Waals surface area contributed by atoms with Gasteiger partial charge in [0.05, 0.1) is 11.7 Å². The Kier molecular flexibility index (Phi) is 5.81. The summed E-state index contributed by atoms with van der Waals surface area (Å²) in [6.45, 7) is 12.7. The average molecular weight is 280 g/mol. The number of hydrogen-bond acceptors (Lipinski definition) is 2.